The van der Waals surface area contributed by atoms with Gasteiger partial charge >= 0.3 is 6.18 Å². The van der Waals surface area contributed by atoms with E-state index in [0.717, 1.165) is 6.08 Å². The third-order valence-corrected chi connectivity index (χ3v) is 3.36. The minimum absolute atomic E-state index is 0.0536. The second kappa shape index (κ2) is 5.44. The second-order valence-corrected chi connectivity index (χ2v) is 4.77. The summed E-state index contributed by atoms with van der Waals surface area (Å²) >= 11 is 0. The van der Waals surface area contributed by atoms with E-state index in [-0.39, 0.29) is 25.1 Å². The Hall–Kier alpha value is -1.56. The summed E-state index contributed by atoms with van der Waals surface area (Å²) in [6.45, 7) is 1.63. The van der Waals surface area contributed by atoms with Crippen LogP contribution in [0.5, 0.6) is 0 Å². The number of aliphatic hydroxyl groups is 1. The van der Waals surface area contributed by atoms with E-state index in [0.29, 0.717) is 5.69 Å². The molecule has 0 fully saturated rings. The van der Waals surface area contributed by atoms with Gasteiger partial charge in [0.25, 0.3) is 0 Å². The molecule has 0 amide bonds. The van der Waals surface area contributed by atoms with Crippen LogP contribution in [0, 0.1) is 5.82 Å². The summed E-state index contributed by atoms with van der Waals surface area (Å²) in [7, 11) is 0. The van der Waals surface area contributed by atoms with E-state index < -0.39 is 23.7 Å². The average Bonchev–Trinajstić information content (AvgIpc) is 2.37. The fourth-order valence-corrected chi connectivity index (χ4v) is 2.36. The van der Waals surface area contributed by atoms with Crippen LogP contribution in [-0.4, -0.2) is 24.4 Å². The monoisotopic (exact) mass is 289 g/mol. The SMILES string of the molecule is C[C@H](O)c1c(F)cccc1N1CC=C(C(F)(F)F)CC1. The number of alkyl halides is 3. The molecule has 0 bridgehead atoms. The lowest BCUT2D eigenvalue weighted by molar-refractivity contribution is -0.0944. The first-order valence-electron chi connectivity index (χ1n) is 6.28. The van der Waals surface area contributed by atoms with Crippen molar-refractivity contribution in [3.05, 3.63) is 41.2 Å². The van der Waals surface area contributed by atoms with Crippen LogP contribution in [-0.2, 0) is 0 Å². The van der Waals surface area contributed by atoms with Crippen molar-refractivity contribution in [1.82, 2.24) is 0 Å². The Kier molecular flexibility index (Phi) is 4.04. The molecule has 0 aliphatic carbocycles. The molecule has 6 heteroatoms. The minimum Gasteiger partial charge on any atom is -0.389 e. The summed E-state index contributed by atoms with van der Waals surface area (Å²) in [5.41, 5.74) is 0.0117. The number of nitrogens with zero attached hydrogens (tertiary/aromatic N) is 1. The average molecular weight is 289 g/mol. The third-order valence-electron chi connectivity index (χ3n) is 3.36. The molecule has 20 heavy (non-hydrogen) atoms. The molecule has 2 rings (SSSR count). The van der Waals surface area contributed by atoms with Gasteiger partial charge in [-0.05, 0) is 25.5 Å². The third kappa shape index (κ3) is 2.95. The maximum absolute atomic E-state index is 13.7. The normalized spacial score (nSPS) is 17.9. The van der Waals surface area contributed by atoms with Crippen LogP contribution >= 0.6 is 0 Å². The van der Waals surface area contributed by atoms with Crippen molar-refractivity contribution in [3.63, 3.8) is 0 Å². The van der Waals surface area contributed by atoms with Gasteiger partial charge in [-0.3, -0.25) is 0 Å². The molecule has 1 aromatic carbocycles. The smallest absolute Gasteiger partial charge is 0.389 e. The highest BCUT2D eigenvalue weighted by molar-refractivity contribution is 5.56. The van der Waals surface area contributed by atoms with Crippen molar-refractivity contribution < 1.29 is 22.7 Å². The molecule has 1 atom stereocenters. The van der Waals surface area contributed by atoms with Gasteiger partial charge in [0.2, 0.25) is 0 Å². The number of hydrogen-bond acceptors (Lipinski definition) is 2. The van der Waals surface area contributed by atoms with Gasteiger partial charge in [-0.15, -0.1) is 0 Å². The summed E-state index contributed by atoms with van der Waals surface area (Å²) in [5, 5.41) is 9.64. The molecule has 0 spiro atoms. The first kappa shape index (κ1) is 14.8. The largest absolute Gasteiger partial charge is 0.412 e. The van der Waals surface area contributed by atoms with E-state index in [9.17, 15) is 22.7 Å². The second-order valence-electron chi connectivity index (χ2n) is 4.77. The molecule has 0 radical (unpaired) electrons. The van der Waals surface area contributed by atoms with E-state index in [1.165, 1.54) is 19.1 Å². The fourth-order valence-electron chi connectivity index (χ4n) is 2.36. The Morgan fingerprint density at radius 2 is 2.00 bits per heavy atom. The first-order chi connectivity index (χ1) is 9.30. The summed E-state index contributed by atoms with van der Waals surface area (Å²) in [5.74, 6) is -0.553. The van der Waals surface area contributed by atoms with E-state index in [4.69, 9.17) is 0 Å². The summed E-state index contributed by atoms with van der Waals surface area (Å²) < 4.78 is 51.4. The van der Waals surface area contributed by atoms with Crippen LogP contribution < -0.4 is 4.90 Å². The van der Waals surface area contributed by atoms with Crippen molar-refractivity contribution in [2.24, 2.45) is 0 Å². The minimum atomic E-state index is -4.30. The molecular formula is C14H15F4NO. The van der Waals surface area contributed by atoms with Crippen molar-refractivity contribution >= 4 is 5.69 Å². The van der Waals surface area contributed by atoms with Gasteiger partial charge in [-0.2, -0.15) is 13.2 Å². The Bertz CT molecular complexity index is 522. The predicted molar refractivity (Wildman–Crippen MR) is 68.0 cm³/mol. The van der Waals surface area contributed by atoms with E-state index >= 15 is 0 Å². The predicted octanol–water partition coefficient (Wildman–Crippen LogP) is 3.58. The van der Waals surface area contributed by atoms with Gasteiger partial charge in [0.05, 0.1) is 6.10 Å². The van der Waals surface area contributed by atoms with Crippen LogP contribution in [0.2, 0.25) is 0 Å². The van der Waals surface area contributed by atoms with E-state index in [1.807, 2.05) is 0 Å². The molecule has 1 aliphatic heterocycles. The number of aliphatic hydroxyl groups excluding tert-OH is 1. The Labute approximate surface area is 114 Å². The topological polar surface area (TPSA) is 23.5 Å². The highest BCUT2D eigenvalue weighted by Gasteiger charge is 2.35. The van der Waals surface area contributed by atoms with Gasteiger partial charge in [-0.1, -0.05) is 12.1 Å². The zero-order valence-electron chi connectivity index (χ0n) is 10.9. The molecule has 2 nitrogen and oxygen atoms in total. The highest BCUT2D eigenvalue weighted by Crippen LogP contribution is 2.34. The first-order valence-corrected chi connectivity index (χ1v) is 6.28. The van der Waals surface area contributed by atoms with Crippen molar-refractivity contribution in [2.75, 3.05) is 18.0 Å². The Morgan fingerprint density at radius 3 is 2.50 bits per heavy atom. The lowest BCUT2D eigenvalue weighted by Crippen LogP contribution is -2.32. The number of rotatable bonds is 2. The number of anilines is 1. The number of hydrogen-bond donors (Lipinski definition) is 1. The lowest BCUT2D eigenvalue weighted by atomic mass is 10.0. The molecule has 1 heterocycles. The Balaban J connectivity index is 2.28. The fraction of sp³-hybridized carbons (Fsp3) is 0.429. The van der Waals surface area contributed by atoms with Gasteiger partial charge in [0.1, 0.15) is 5.82 Å². The van der Waals surface area contributed by atoms with Gasteiger partial charge < -0.3 is 10.0 Å². The maximum Gasteiger partial charge on any atom is 0.412 e. The van der Waals surface area contributed by atoms with E-state index in [2.05, 4.69) is 0 Å². The van der Waals surface area contributed by atoms with Crippen molar-refractivity contribution in [3.8, 4) is 0 Å². The van der Waals surface area contributed by atoms with Crippen LogP contribution in [0.3, 0.4) is 0 Å². The number of halogens is 4. The molecule has 0 aromatic heterocycles. The van der Waals surface area contributed by atoms with Crippen LogP contribution in [0.4, 0.5) is 23.2 Å². The van der Waals surface area contributed by atoms with Crippen molar-refractivity contribution in [2.45, 2.75) is 25.6 Å². The quantitative estimate of drug-likeness (QED) is 0.664. The molecule has 0 unspecified atom stereocenters. The zero-order valence-corrected chi connectivity index (χ0v) is 10.9. The Morgan fingerprint density at radius 1 is 1.30 bits per heavy atom. The van der Waals surface area contributed by atoms with Gasteiger partial charge in [-0.25, -0.2) is 4.39 Å². The van der Waals surface area contributed by atoms with Crippen LogP contribution in [0.25, 0.3) is 0 Å². The molecule has 1 aliphatic rings. The summed E-state index contributed by atoms with van der Waals surface area (Å²) in [6.07, 6.45) is -4.35. The van der Waals surface area contributed by atoms with Crippen LogP contribution in [0.15, 0.2) is 29.8 Å². The van der Waals surface area contributed by atoms with E-state index in [1.54, 1.807) is 11.0 Å². The molecule has 0 saturated carbocycles. The lowest BCUT2D eigenvalue weighted by Gasteiger charge is -2.31. The van der Waals surface area contributed by atoms with Crippen molar-refractivity contribution in [1.29, 1.82) is 0 Å². The van der Waals surface area contributed by atoms with Crippen LogP contribution in [0.1, 0.15) is 25.0 Å². The van der Waals surface area contributed by atoms with Gasteiger partial charge in [0, 0.05) is 29.9 Å². The zero-order chi connectivity index (χ0) is 14.9. The molecule has 1 aromatic rings. The molecule has 1 N–H and O–H groups in total. The molecule has 110 valence electrons. The molecular weight excluding hydrogens is 274 g/mol. The summed E-state index contributed by atoms with van der Waals surface area (Å²) in [4.78, 5) is 1.64. The maximum atomic E-state index is 13.7. The summed E-state index contributed by atoms with van der Waals surface area (Å²) in [6, 6.07) is 4.32. The number of benzene rings is 1. The van der Waals surface area contributed by atoms with Gasteiger partial charge in [0.15, 0.2) is 0 Å². The molecule has 0 saturated heterocycles. The highest BCUT2D eigenvalue weighted by atomic mass is 19.4. The standard InChI is InChI=1S/C14H15F4NO/c1-9(20)13-11(15)3-2-4-12(13)19-7-5-10(6-8-19)14(16,17)18/h2-5,9,20H,6-8H2,1H3/t9-/m0/s1.